The minimum atomic E-state index is 0.406. The molecule has 0 aliphatic rings. The Bertz CT molecular complexity index is 540. The van der Waals surface area contributed by atoms with E-state index in [9.17, 15) is 0 Å². The van der Waals surface area contributed by atoms with Gasteiger partial charge in [0.15, 0.2) is 0 Å². The van der Waals surface area contributed by atoms with E-state index in [1.165, 1.54) is 5.56 Å². The van der Waals surface area contributed by atoms with Crippen molar-refractivity contribution in [2.75, 3.05) is 12.5 Å². The summed E-state index contributed by atoms with van der Waals surface area (Å²) in [6.45, 7) is 0.673. The summed E-state index contributed by atoms with van der Waals surface area (Å²) in [5, 5.41) is 0.764. The van der Waals surface area contributed by atoms with Crippen LogP contribution in [-0.4, -0.2) is 12.5 Å². The molecule has 4 heteroatoms. The van der Waals surface area contributed by atoms with Crippen LogP contribution in [0.5, 0.6) is 5.75 Å². The van der Waals surface area contributed by atoms with Crippen LogP contribution in [0.3, 0.4) is 0 Å². The number of rotatable bonds is 7. The predicted octanol–water partition coefficient (Wildman–Crippen LogP) is 5.97. The van der Waals surface area contributed by atoms with E-state index in [1.807, 2.05) is 36.4 Å². The standard InChI is InChI=1S/C17H17BrCl2O/c18-15-3-7-17(8-4-15)21-10-9-14(12-19)11-13-1-5-16(20)6-2-13/h1-8,14H,9-12H2. The van der Waals surface area contributed by atoms with E-state index in [0.717, 1.165) is 28.1 Å². The molecule has 2 aromatic carbocycles. The number of alkyl halides is 1. The Morgan fingerprint density at radius 3 is 2.29 bits per heavy atom. The van der Waals surface area contributed by atoms with Gasteiger partial charge in [0.25, 0.3) is 0 Å². The smallest absolute Gasteiger partial charge is 0.119 e. The summed E-state index contributed by atoms with van der Waals surface area (Å²) >= 11 is 15.4. The second-order valence-corrected chi connectivity index (χ2v) is 6.60. The molecule has 0 saturated heterocycles. The van der Waals surface area contributed by atoms with Crippen LogP contribution < -0.4 is 4.74 Å². The highest BCUT2D eigenvalue weighted by molar-refractivity contribution is 9.10. The fraction of sp³-hybridized carbons (Fsp3) is 0.294. The molecule has 0 aliphatic heterocycles. The van der Waals surface area contributed by atoms with Crippen molar-refractivity contribution < 1.29 is 4.74 Å². The Kier molecular flexibility index (Phi) is 6.88. The van der Waals surface area contributed by atoms with Gasteiger partial charge in [0, 0.05) is 15.4 Å². The SMILES string of the molecule is ClCC(CCOc1ccc(Br)cc1)Cc1ccc(Cl)cc1. The minimum Gasteiger partial charge on any atom is -0.494 e. The normalized spacial score (nSPS) is 12.1. The monoisotopic (exact) mass is 386 g/mol. The first-order valence-electron chi connectivity index (χ1n) is 6.86. The maximum Gasteiger partial charge on any atom is 0.119 e. The average Bonchev–Trinajstić information content (AvgIpc) is 2.50. The van der Waals surface area contributed by atoms with Crippen LogP contribution in [0.2, 0.25) is 5.02 Å². The van der Waals surface area contributed by atoms with E-state index >= 15 is 0 Å². The van der Waals surface area contributed by atoms with Crippen LogP contribution in [-0.2, 0) is 6.42 Å². The highest BCUT2D eigenvalue weighted by atomic mass is 79.9. The maximum absolute atomic E-state index is 6.06. The summed E-state index contributed by atoms with van der Waals surface area (Å²) in [5.41, 5.74) is 1.26. The van der Waals surface area contributed by atoms with E-state index in [-0.39, 0.29) is 0 Å². The molecule has 0 amide bonds. The Labute approximate surface area is 144 Å². The molecule has 0 fully saturated rings. The first kappa shape index (κ1) is 16.7. The van der Waals surface area contributed by atoms with E-state index in [1.54, 1.807) is 0 Å². The molecule has 2 rings (SSSR count). The average molecular weight is 388 g/mol. The van der Waals surface area contributed by atoms with Crippen molar-refractivity contribution in [3.05, 3.63) is 63.6 Å². The van der Waals surface area contributed by atoms with Crippen LogP contribution in [0.15, 0.2) is 53.0 Å². The van der Waals surface area contributed by atoms with Gasteiger partial charge in [0.05, 0.1) is 6.61 Å². The molecule has 1 unspecified atom stereocenters. The van der Waals surface area contributed by atoms with Crippen LogP contribution in [0.1, 0.15) is 12.0 Å². The number of hydrogen-bond acceptors (Lipinski definition) is 1. The lowest BCUT2D eigenvalue weighted by Crippen LogP contribution is -2.11. The van der Waals surface area contributed by atoms with Gasteiger partial charge in [-0.25, -0.2) is 0 Å². The molecule has 112 valence electrons. The van der Waals surface area contributed by atoms with Gasteiger partial charge in [-0.05, 0) is 60.7 Å². The molecule has 1 atom stereocenters. The van der Waals surface area contributed by atoms with E-state index in [2.05, 4.69) is 28.1 Å². The van der Waals surface area contributed by atoms with Crippen molar-refractivity contribution in [3.8, 4) is 5.75 Å². The van der Waals surface area contributed by atoms with Crippen molar-refractivity contribution in [2.24, 2.45) is 5.92 Å². The van der Waals surface area contributed by atoms with Gasteiger partial charge in [0.1, 0.15) is 5.75 Å². The van der Waals surface area contributed by atoms with Crippen LogP contribution in [0.25, 0.3) is 0 Å². The second-order valence-electron chi connectivity index (χ2n) is 4.94. The summed E-state index contributed by atoms with van der Waals surface area (Å²) in [6.07, 6.45) is 1.88. The molecule has 0 aromatic heterocycles. The molecule has 0 heterocycles. The number of ether oxygens (including phenoxy) is 1. The van der Waals surface area contributed by atoms with Gasteiger partial charge in [0.2, 0.25) is 0 Å². The molecule has 1 nitrogen and oxygen atoms in total. The zero-order valence-electron chi connectivity index (χ0n) is 11.6. The van der Waals surface area contributed by atoms with Gasteiger partial charge in [-0.2, -0.15) is 0 Å². The number of benzene rings is 2. The summed E-state index contributed by atoms with van der Waals surface area (Å²) < 4.78 is 6.80. The maximum atomic E-state index is 6.06. The van der Waals surface area contributed by atoms with Gasteiger partial charge >= 0.3 is 0 Å². The predicted molar refractivity (Wildman–Crippen MR) is 93.6 cm³/mol. The fourth-order valence-corrected chi connectivity index (χ4v) is 2.72. The lowest BCUT2D eigenvalue weighted by Gasteiger charge is -2.14. The van der Waals surface area contributed by atoms with Gasteiger partial charge in [-0.1, -0.05) is 39.7 Å². The Morgan fingerprint density at radius 1 is 1.00 bits per heavy atom. The molecule has 0 saturated carbocycles. The van der Waals surface area contributed by atoms with Crippen molar-refractivity contribution in [1.29, 1.82) is 0 Å². The molecule has 21 heavy (non-hydrogen) atoms. The third-order valence-corrected chi connectivity index (χ3v) is 4.48. The quantitative estimate of drug-likeness (QED) is 0.531. The first-order valence-corrected chi connectivity index (χ1v) is 8.56. The second kappa shape index (κ2) is 8.67. The van der Waals surface area contributed by atoms with Gasteiger partial charge < -0.3 is 4.74 Å². The molecule has 0 radical (unpaired) electrons. The van der Waals surface area contributed by atoms with Crippen LogP contribution in [0, 0.1) is 5.92 Å². The Balaban J connectivity index is 1.79. The zero-order valence-corrected chi connectivity index (χ0v) is 14.7. The Hall–Kier alpha value is -0.700. The summed E-state index contributed by atoms with van der Waals surface area (Å²) in [7, 11) is 0. The Morgan fingerprint density at radius 2 is 1.67 bits per heavy atom. The van der Waals surface area contributed by atoms with E-state index in [4.69, 9.17) is 27.9 Å². The molecular formula is C17H17BrCl2O. The highest BCUT2D eigenvalue weighted by Gasteiger charge is 2.09. The van der Waals surface area contributed by atoms with Crippen molar-refractivity contribution >= 4 is 39.1 Å². The molecular weight excluding hydrogens is 371 g/mol. The molecule has 2 aromatic rings. The van der Waals surface area contributed by atoms with E-state index in [0.29, 0.717) is 18.4 Å². The van der Waals surface area contributed by atoms with Gasteiger partial charge in [-0.3, -0.25) is 0 Å². The topological polar surface area (TPSA) is 9.23 Å². The van der Waals surface area contributed by atoms with Gasteiger partial charge in [-0.15, -0.1) is 11.6 Å². The molecule has 0 spiro atoms. The van der Waals surface area contributed by atoms with Crippen molar-refractivity contribution in [3.63, 3.8) is 0 Å². The van der Waals surface area contributed by atoms with Crippen LogP contribution in [0.4, 0.5) is 0 Å². The first-order chi connectivity index (χ1) is 10.2. The summed E-state index contributed by atoms with van der Waals surface area (Å²) in [6, 6.07) is 15.8. The molecule has 0 aliphatic carbocycles. The van der Waals surface area contributed by atoms with Crippen LogP contribution >= 0.6 is 39.1 Å². The zero-order chi connectivity index (χ0) is 15.1. The molecule has 0 bridgehead atoms. The largest absolute Gasteiger partial charge is 0.494 e. The lowest BCUT2D eigenvalue weighted by molar-refractivity contribution is 0.284. The molecule has 0 N–H and O–H groups in total. The van der Waals surface area contributed by atoms with E-state index < -0.39 is 0 Å². The summed E-state index contributed by atoms with van der Waals surface area (Å²) in [4.78, 5) is 0. The highest BCUT2D eigenvalue weighted by Crippen LogP contribution is 2.19. The fourth-order valence-electron chi connectivity index (χ4n) is 2.06. The van der Waals surface area contributed by atoms with Crippen molar-refractivity contribution in [2.45, 2.75) is 12.8 Å². The number of hydrogen-bond donors (Lipinski definition) is 0. The third kappa shape index (κ3) is 5.90. The third-order valence-electron chi connectivity index (χ3n) is 3.26. The lowest BCUT2D eigenvalue weighted by atomic mass is 9.98. The number of halogens is 3. The van der Waals surface area contributed by atoms with Crippen molar-refractivity contribution in [1.82, 2.24) is 0 Å². The minimum absolute atomic E-state index is 0.406. The summed E-state index contributed by atoms with van der Waals surface area (Å²) in [5.74, 6) is 1.92.